The summed E-state index contributed by atoms with van der Waals surface area (Å²) in [5.41, 5.74) is 13.5. The van der Waals surface area contributed by atoms with Gasteiger partial charge in [0.25, 0.3) is 5.91 Å². The van der Waals surface area contributed by atoms with Crippen molar-refractivity contribution in [1.29, 1.82) is 0 Å². The van der Waals surface area contributed by atoms with Crippen LogP contribution in [0, 0.1) is 0 Å². The van der Waals surface area contributed by atoms with Crippen molar-refractivity contribution < 1.29 is 9.63 Å². The van der Waals surface area contributed by atoms with Crippen LogP contribution in [-0.2, 0) is 17.9 Å². The molecule has 136 valence electrons. The van der Waals surface area contributed by atoms with Crippen LogP contribution >= 0.6 is 11.3 Å². The van der Waals surface area contributed by atoms with Crippen molar-refractivity contribution in [3.05, 3.63) is 87.6 Å². The number of hydrogen-bond donors (Lipinski definition) is 3. The van der Waals surface area contributed by atoms with E-state index < -0.39 is 0 Å². The number of anilines is 2. The summed E-state index contributed by atoms with van der Waals surface area (Å²) in [5.74, 6) is -0.176. The smallest absolute Gasteiger partial charge is 0.265 e. The second-order valence-corrected chi connectivity index (χ2v) is 7.35. The summed E-state index contributed by atoms with van der Waals surface area (Å²) in [7, 11) is 0. The number of nitrogens with two attached hydrogens (primary N) is 1. The highest BCUT2D eigenvalue weighted by molar-refractivity contribution is 7.14. The molecule has 1 heterocycles. The van der Waals surface area contributed by atoms with Crippen molar-refractivity contribution in [2.45, 2.75) is 13.0 Å². The van der Waals surface area contributed by atoms with Gasteiger partial charge in [-0.1, -0.05) is 42.5 Å². The Morgan fingerprint density at radius 2 is 1.89 bits per heavy atom. The van der Waals surface area contributed by atoms with Crippen LogP contribution in [0.5, 0.6) is 0 Å². The maximum Gasteiger partial charge on any atom is 0.265 e. The van der Waals surface area contributed by atoms with Gasteiger partial charge in [0.2, 0.25) is 0 Å². The standard InChI is InChI=1S/C21H19N3O2S/c22-17-7-3-4-8-19(17)23-21(25)20-12-10-15(27-20)13-26-24-18-11-9-14-5-1-2-6-16(14)18/h1-8,10-12,24H,9,13,22H2,(H,23,25). The molecule has 2 aromatic carbocycles. The van der Waals surface area contributed by atoms with Crippen LogP contribution in [0.1, 0.15) is 25.7 Å². The average molecular weight is 377 g/mol. The lowest BCUT2D eigenvalue weighted by Gasteiger charge is -2.09. The van der Waals surface area contributed by atoms with E-state index in [0.29, 0.717) is 22.9 Å². The molecule has 0 unspecified atom stereocenters. The van der Waals surface area contributed by atoms with Gasteiger partial charge in [-0.05, 0) is 36.2 Å². The van der Waals surface area contributed by atoms with E-state index in [-0.39, 0.29) is 5.91 Å². The lowest BCUT2D eigenvalue weighted by Crippen LogP contribution is -2.12. The summed E-state index contributed by atoms with van der Waals surface area (Å²) >= 11 is 1.40. The largest absolute Gasteiger partial charge is 0.397 e. The summed E-state index contributed by atoms with van der Waals surface area (Å²) in [5, 5.41) is 2.83. The number of allylic oxidation sites excluding steroid dienone is 1. The molecule has 4 rings (SSSR count). The fourth-order valence-electron chi connectivity index (χ4n) is 2.94. The third-order valence-corrected chi connectivity index (χ3v) is 5.38. The minimum absolute atomic E-state index is 0.176. The molecular weight excluding hydrogens is 358 g/mol. The van der Waals surface area contributed by atoms with Crippen LogP contribution < -0.4 is 16.5 Å². The van der Waals surface area contributed by atoms with E-state index in [1.165, 1.54) is 22.5 Å². The number of hydroxylamine groups is 1. The van der Waals surface area contributed by atoms with E-state index in [4.69, 9.17) is 10.6 Å². The monoisotopic (exact) mass is 377 g/mol. The predicted molar refractivity (Wildman–Crippen MR) is 109 cm³/mol. The lowest BCUT2D eigenvalue weighted by atomic mass is 10.1. The normalized spacial score (nSPS) is 12.4. The molecule has 0 bridgehead atoms. The highest BCUT2D eigenvalue weighted by Crippen LogP contribution is 2.25. The molecular formula is C21H19N3O2S. The predicted octanol–water partition coefficient (Wildman–Crippen LogP) is 4.20. The SMILES string of the molecule is Nc1ccccc1NC(=O)c1ccc(CONC2=CCc3ccccc32)s1. The number of carbonyl (C=O) groups excluding carboxylic acids is 1. The zero-order chi connectivity index (χ0) is 18.6. The Balaban J connectivity index is 1.32. The van der Waals surface area contributed by atoms with Gasteiger partial charge < -0.3 is 11.1 Å². The van der Waals surface area contributed by atoms with Crippen LogP contribution in [0.4, 0.5) is 11.4 Å². The van der Waals surface area contributed by atoms with Gasteiger partial charge in [0, 0.05) is 10.4 Å². The second-order valence-electron chi connectivity index (χ2n) is 6.18. The number of nitrogen functional groups attached to an aromatic ring is 1. The maximum atomic E-state index is 12.4. The van der Waals surface area contributed by atoms with E-state index in [1.54, 1.807) is 18.2 Å². The molecule has 0 saturated carbocycles. The first-order valence-corrected chi connectivity index (χ1v) is 9.43. The van der Waals surface area contributed by atoms with Crippen LogP contribution in [0.3, 0.4) is 0 Å². The van der Waals surface area contributed by atoms with E-state index in [2.05, 4.69) is 29.0 Å². The molecule has 0 atom stereocenters. The summed E-state index contributed by atoms with van der Waals surface area (Å²) in [4.78, 5) is 19.6. The van der Waals surface area contributed by atoms with Gasteiger partial charge in [0.1, 0.15) is 6.61 Å². The Morgan fingerprint density at radius 3 is 2.78 bits per heavy atom. The molecule has 3 aromatic rings. The number of fused-ring (bicyclic) bond motifs is 1. The topological polar surface area (TPSA) is 76.4 Å². The molecule has 1 aliphatic carbocycles. The number of amides is 1. The second kappa shape index (κ2) is 7.65. The fourth-order valence-corrected chi connectivity index (χ4v) is 3.75. The van der Waals surface area contributed by atoms with Crippen LogP contribution in [0.15, 0.2) is 66.7 Å². The van der Waals surface area contributed by atoms with Gasteiger partial charge in [0.05, 0.1) is 21.9 Å². The molecule has 0 saturated heterocycles. The molecule has 6 heteroatoms. The molecule has 5 nitrogen and oxygen atoms in total. The molecule has 0 fully saturated rings. The van der Waals surface area contributed by atoms with E-state index in [9.17, 15) is 4.79 Å². The molecule has 1 aliphatic rings. The Kier molecular flexibility index (Phi) is 4.91. The first-order valence-electron chi connectivity index (χ1n) is 8.61. The van der Waals surface area contributed by atoms with Gasteiger partial charge in [-0.3, -0.25) is 15.1 Å². The van der Waals surface area contributed by atoms with E-state index >= 15 is 0 Å². The Hall–Kier alpha value is -3.09. The zero-order valence-corrected chi connectivity index (χ0v) is 15.4. The third-order valence-electron chi connectivity index (χ3n) is 4.32. The number of thiophene rings is 1. The molecule has 0 spiro atoms. The van der Waals surface area contributed by atoms with E-state index in [0.717, 1.165) is 17.0 Å². The number of nitrogens with one attached hydrogen (secondary N) is 2. The van der Waals surface area contributed by atoms with Gasteiger partial charge >= 0.3 is 0 Å². The number of para-hydroxylation sites is 2. The number of carbonyl (C=O) groups is 1. The van der Waals surface area contributed by atoms with Crippen molar-refractivity contribution in [2.24, 2.45) is 0 Å². The Bertz CT molecular complexity index is 1010. The molecule has 27 heavy (non-hydrogen) atoms. The van der Waals surface area contributed by atoms with E-state index in [1.807, 2.05) is 30.3 Å². The van der Waals surface area contributed by atoms with Crippen molar-refractivity contribution in [3.8, 4) is 0 Å². The lowest BCUT2D eigenvalue weighted by molar-refractivity contribution is 0.0665. The number of benzene rings is 2. The Morgan fingerprint density at radius 1 is 1.07 bits per heavy atom. The molecule has 1 amide bonds. The van der Waals surface area contributed by atoms with Crippen LogP contribution in [0.2, 0.25) is 0 Å². The van der Waals surface area contributed by atoms with Gasteiger partial charge in [-0.15, -0.1) is 11.3 Å². The molecule has 0 aliphatic heterocycles. The van der Waals surface area contributed by atoms with Crippen molar-refractivity contribution in [3.63, 3.8) is 0 Å². The zero-order valence-electron chi connectivity index (χ0n) is 14.6. The summed E-state index contributed by atoms with van der Waals surface area (Å²) in [6.45, 7) is 0.380. The molecule has 1 aromatic heterocycles. The summed E-state index contributed by atoms with van der Waals surface area (Å²) in [6.07, 6.45) is 3.02. The van der Waals surface area contributed by atoms with Gasteiger partial charge in [-0.2, -0.15) is 0 Å². The number of rotatable bonds is 6. The fraction of sp³-hybridized carbons (Fsp3) is 0.0952. The minimum Gasteiger partial charge on any atom is -0.397 e. The summed E-state index contributed by atoms with van der Waals surface area (Å²) in [6, 6.07) is 19.1. The van der Waals surface area contributed by atoms with Crippen molar-refractivity contribution in [2.75, 3.05) is 11.1 Å². The maximum absolute atomic E-state index is 12.4. The highest BCUT2D eigenvalue weighted by Gasteiger charge is 2.14. The average Bonchev–Trinajstić information content (AvgIpc) is 3.31. The minimum atomic E-state index is -0.176. The van der Waals surface area contributed by atoms with Crippen molar-refractivity contribution >= 4 is 34.3 Å². The highest BCUT2D eigenvalue weighted by atomic mass is 32.1. The van der Waals surface area contributed by atoms with Gasteiger partial charge in [0.15, 0.2) is 0 Å². The Labute approximate surface area is 161 Å². The molecule has 4 N–H and O–H groups in total. The van der Waals surface area contributed by atoms with Crippen LogP contribution in [-0.4, -0.2) is 5.91 Å². The first-order chi connectivity index (χ1) is 13.2. The van der Waals surface area contributed by atoms with Crippen molar-refractivity contribution in [1.82, 2.24) is 5.48 Å². The first kappa shape index (κ1) is 17.3. The third kappa shape index (κ3) is 3.86. The molecule has 0 radical (unpaired) electrons. The van der Waals surface area contributed by atoms with Crippen LogP contribution in [0.25, 0.3) is 5.70 Å². The quantitative estimate of drug-likeness (QED) is 0.444. The van der Waals surface area contributed by atoms with Gasteiger partial charge in [-0.25, -0.2) is 0 Å². The summed E-state index contributed by atoms with van der Waals surface area (Å²) < 4.78 is 0. The number of hydrogen-bond acceptors (Lipinski definition) is 5.